The van der Waals surface area contributed by atoms with Crippen LogP contribution < -0.4 is 5.32 Å². The number of hydrogen-bond donors (Lipinski definition) is 2. The minimum absolute atomic E-state index is 0.280. The second-order valence-electron chi connectivity index (χ2n) is 3.57. The second-order valence-corrected chi connectivity index (χ2v) is 4.01. The maximum absolute atomic E-state index is 13.6. The Morgan fingerprint density at radius 1 is 1.22 bits per heavy atom. The molecule has 0 fully saturated rings. The van der Waals surface area contributed by atoms with Gasteiger partial charge in [-0.05, 0) is 18.2 Å². The number of benzene rings is 1. The molecule has 0 aliphatic rings. The molecule has 0 unspecified atom stereocenters. The van der Waals surface area contributed by atoms with E-state index in [4.69, 9.17) is 11.6 Å². The number of nitrogens with zero attached hydrogens (tertiary/aromatic N) is 3. The molecule has 0 atom stereocenters. The van der Waals surface area contributed by atoms with Crippen LogP contribution in [0.25, 0.3) is 11.2 Å². The molecule has 0 radical (unpaired) electrons. The highest BCUT2D eigenvalue weighted by Gasteiger charge is 2.09. The summed E-state index contributed by atoms with van der Waals surface area (Å²) >= 11 is 5.69. The molecule has 0 spiro atoms. The monoisotopic (exact) mass is 263 g/mol. The molecule has 0 saturated carbocycles. The fourth-order valence-electron chi connectivity index (χ4n) is 1.57. The molecule has 2 N–H and O–H groups in total. The van der Waals surface area contributed by atoms with Crippen LogP contribution in [0.1, 0.15) is 0 Å². The number of aromatic amines is 1. The fraction of sp³-hybridized carbons (Fsp3) is 0. The van der Waals surface area contributed by atoms with Gasteiger partial charge in [-0.2, -0.15) is 0 Å². The van der Waals surface area contributed by atoms with Crippen molar-refractivity contribution in [2.75, 3.05) is 5.32 Å². The zero-order valence-corrected chi connectivity index (χ0v) is 9.74. The van der Waals surface area contributed by atoms with Crippen molar-refractivity contribution in [2.24, 2.45) is 0 Å². The largest absolute Gasteiger partial charge is 0.336 e. The summed E-state index contributed by atoms with van der Waals surface area (Å²) in [5, 5.41) is 3.20. The first-order valence-electron chi connectivity index (χ1n) is 5.10. The van der Waals surface area contributed by atoms with Gasteiger partial charge in [-0.25, -0.2) is 19.3 Å². The van der Waals surface area contributed by atoms with Crippen molar-refractivity contribution < 1.29 is 4.39 Å². The van der Waals surface area contributed by atoms with Gasteiger partial charge < -0.3 is 10.3 Å². The minimum Gasteiger partial charge on any atom is -0.336 e. The van der Waals surface area contributed by atoms with Gasteiger partial charge in [-0.3, -0.25) is 0 Å². The number of hydrogen-bond acceptors (Lipinski definition) is 4. The fourth-order valence-corrected chi connectivity index (χ4v) is 1.73. The van der Waals surface area contributed by atoms with E-state index in [1.54, 1.807) is 6.07 Å². The molecule has 7 heteroatoms. The van der Waals surface area contributed by atoms with Gasteiger partial charge in [0.1, 0.15) is 12.1 Å². The number of rotatable bonds is 2. The third kappa shape index (κ3) is 1.86. The summed E-state index contributed by atoms with van der Waals surface area (Å²) in [4.78, 5) is 15.0. The lowest BCUT2D eigenvalue weighted by molar-refractivity contribution is 0.632. The molecule has 0 aliphatic heterocycles. The number of imidazole rings is 1. The molecule has 2 aromatic heterocycles. The summed E-state index contributed by atoms with van der Waals surface area (Å²) in [6.45, 7) is 0. The number of nitrogens with one attached hydrogen (secondary N) is 2. The minimum atomic E-state index is -0.454. The predicted octanol–water partition coefficient (Wildman–Crippen LogP) is 2.89. The average Bonchev–Trinajstić information content (AvgIpc) is 2.82. The van der Waals surface area contributed by atoms with E-state index in [0.29, 0.717) is 22.0 Å². The topological polar surface area (TPSA) is 66.5 Å². The van der Waals surface area contributed by atoms with Crippen molar-refractivity contribution in [1.82, 2.24) is 19.9 Å². The maximum Gasteiger partial charge on any atom is 0.162 e. The van der Waals surface area contributed by atoms with Crippen LogP contribution in [0.15, 0.2) is 30.9 Å². The van der Waals surface area contributed by atoms with Crippen molar-refractivity contribution >= 4 is 34.3 Å². The number of anilines is 2. The van der Waals surface area contributed by atoms with E-state index in [1.807, 2.05) is 0 Å². The molecule has 18 heavy (non-hydrogen) atoms. The maximum atomic E-state index is 13.6. The molecule has 1 aromatic carbocycles. The zero-order valence-electron chi connectivity index (χ0n) is 8.98. The van der Waals surface area contributed by atoms with Crippen molar-refractivity contribution in [2.45, 2.75) is 0 Å². The highest BCUT2D eigenvalue weighted by atomic mass is 35.5. The Morgan fingerprint density at radius 2 is 2.11 bits per heavy atom. The third-order valence-electron chi connectivity index (χ3n) is 2.40. The Labute approximate surface area is 106 Å². The van der Waals surface area contributed by atoms with E-state index < -0.39 is 5.82 Å². The average molecular weight is 264 g/mol. The van der Waals surface area contributed by atoms with Gasteiger partial charge in [-0.1, -0.05) is 11.6 Å². The van der Waals surface area contributed by atoms with Crippen LogP contribution in [0.2, 0.25) is 5.02 Å². The van der Waals surface area contributed by atoms with Crippen molar-refractivity contribution in [3.05, 3.63) is 41.7 Å². The molecule has 3 rings (SSSR count). The van der Waals surface area contributed by atoms with Gasteiger partial charge in [0, 0.05) is 5.02 Å². The smallest absolute Gasteiger partial charge is 0.162 e. The molecule has 0 amide bonds. The first kappa shape index (κ1) is 10.9. The van der Waals surface area contributed by atoms with Crippen LogP contribution in [0.4, 0.5) is 15.9 Å². The lowest BCUT2D eigenvalue weighted by Crippen LogP contribution is -1.98. The summed E-state index contributed by atoms with van der Waals surface area (Å²) in [7, 11) is 0. The molecule has 5 nitrogen and oxygen atoms in total. The van der Waals surface area contributed by atoms with Crippen LogP contribution >= 0.6 is 11.6 Å². The quantitative estimate of drug-likeness (QED) is 0.746. The van der Waals surface area contributed by atoms with E-state index in [0.717, 1.165) is 0 Å². The standard InChI is InChI=1S/C11H7ClFN5/c12-6-1-2-8(7(13)3-6)18-11-9-10(15-4-14-9)16-5-17-11/h1-5H,(H2,14,15,16,17,18). The number of halogens is 2. The Hall–Kier alpha value is -2.21. The molecule has 0 aliphatic carbocycles. The Bertz CT molecular complexity index is 711. The second kappa shape index (κ2) is 4.23. The van der Waals surface area contributed by atoms with Gasteiger partial charge in [0.05, 0.1) is 12.0 Å². The highest BCUT2D eigenvalue weighted by molar-refractivity contribution is 6.30. The summed E-state index contributed by atoms with van der Waals surface area (Å²) < 4.78 is 13.6. The van der Waals surface area contributed by atoms with Crippen LogP contribution in [-0.2, 0) is 0 Å². The van der Waals surface area contributed by atoms with Crippen molar-refractivity contribution in [3.8, 4) is 0 Å². The first-order chi connectivity index (χ1) is 8.74. The van der Waals surface area contributed by atoms with Gasteiger partial charge in [0.2, 0.25) is 0 Å². The Kier molecular flexibility index (Phi) is 2.56. The lowest BCUT2D eigenvalue weighted by Gasteiger charge is -2.06. The molecule has 90 valence electrons. The lowest BCUT2D eigenvalue weighted by atomic mass is 10.3. The molecular formula is C11H7ClFN5. The van der Waals surface area contributed by atoms with Crippen molar-refractivity contribution in [1.29, 1.82) is 0 Å². The van der Waals surface area contributed by atoms with Crippen LogP contribution in [0, 0.1) is 5.82 Å². The molecule has 2 heterocycles. The molecule has 0 bridgehead atoms. The normalized spacial score (nSPS) is 10.8. The molecule has 0 saturated heterocycles. The predicted molar refractivity (Wildman–Crippen MR) is 66.4 cm³/mol. The van der Waals surface area contributed by atoms with E-state index >= 15 is 0 Å². The van der Waals surface area contributed by atoms with E-state index in [2.05, 4.69) is 25.3 Å². The molecular weight excluding hydrogens is 257 g/mol. The van der Waals surface area contributed by atoms with Crippen LogP contribution in [0.3, 0.4) is 0 Å². The highest BCUT2D eigenvalue weighted by Crippen LogP contribution is 2.24. The van der Waals surface area contributed by atoms with E-state index in [1.165, 1.54) is 24.8 Å². The van der Waals surface area contributed by atoms with E-state index in [9.17, 15) is 4.39 Å². The summed E-state index contributed by atoms with van der Waals surface area (Å²) in [5.74, 6) is -0.0210. The Morgan fingerprint density at radius 3 is 2.94 bits per heavy atom. The summed E-state index contributed by atoms with van der Waals surface area (Å²) in [6.07, 6.45) is 2.87. The number of H-pyrrole nitrogens is 1. The number of fused-ring (bicyclic) bond motifs is 1. The van der Waals surface area contributed by atoms with Crippen molar-refractivity contribution in [3.63, 3.8) is 0 Å². The zero-order chi connectivity index (χ0) is 12.5. The third-order valence-corrected chi connectivity index (χ3v) is 2.64. The SMILES string of the molecule is Fc1cc(Cl)ccc1Nc1ncnc2[nH]cnc12. The van der Waals surface area contributed by atoms with Gasteiger partial charge in [0.15, 0.2) is 17.0 Å². The Balaban J connectivity index is 2.03. The first-order valence-corrected chi connectivity index (χ1v) is 5.48. The molecule has 3 aromatic rings. The van der Waals surface area contributed by atoms with Gasteiger partial charge >= 0.3 is 0 Å². The van der Waals surface area contributed by atoms with Crippen LogP contribution in [-0.4, -0.2) is 19.9 Å². The summed E-state index contributed by atoms with van der Waals surface area (Å²) in [5.41, 5.74) is 1.41. The van der Waals surface area contributed by atoms with Crippen LogP contribution in [0.5, 0.6) is 0 Å². The van der Waals surface area contributed by atoms with Gasteiger partial charge in [-0.15, -0.1) is 0 Å². The van der Waals surface area contributed by atoms with Gasteiger partial charge in [0.25, 0.3) is 0 Å². The van der Waals surface area contributed by atoms with E-state index in [-0.39, 0.29) is 5.69 Å². The summed E-state index contributed by atoms with van der Waals surface area (Å²) in [6, 6.07) is 4.36. The number of aromatic nitrogens is 4.